The van der Waals surface area contributed by atoms with Crippen LogP contribution in [0.5, 0.6) is 0 Å². The second kappa shape index (κ2) is 12.0. The number of likely N-dealkylation sites (tertiary alicyclic amines) is 3. The zero-order valence-electron chi connectivity index (χ0n) is 24.9. The Morgan fingerprint density at radius 2 is 1.80 bits per heavy atom. The molecular weight excluding hydrogens is 519 g/mol. The zero-order chi connectivity index (χ0) is 28.7. The van der Waals surface area contributed by atoms with Crippen molar-refractivity contribution in [2.75, 3.05) is 40.3 Å². The molecule has 8 nitrogen and oxygen atoms in total. The van der Waals surface area contributed by atoms with Gasteiger partial charge in [0.1, 0.15) is 11.9 Å². The summed E-state index contributed by atoms with van der Waals surface area (Å²) in [6.07, 6.45) is 10.6. The lowest BCUT2D eigenvalue weighted by atomic mass is 9.82. The first kappa shape index (κ1) is 28.6. The number of aromatic amines is 1. The summed E-state index contributed by atoms with van der Waals surface area (Å²) >= 11 is 0. The Bertz CT molecular complexity index is 1240. The number of H-pyrrole nitrogens is 1. The molecular formula is C32H47FN6O2. The molecule has 0 bridgehead atoms. The van der Waals surface area contributed by atoms with E-state index < -0.39 is 6.04 Å². The first-order valence-corrected chi connectivity index (χ1v) is 15.8. The molecule has 3 aliphatic heterocycles. The van der Waals surface area contributed by atoms with Crippen molar-refractivity contribution in [2.45, 2.75) is 94.4 Å². The van der Waals surface area contributed by atoms with Crippen molar-refractivity contribution in [1.29, 1.82) is 0 Å². The Morgan fingerprint density at radius 3 is 2.54 bits per heavy atom. The number of hydrogen-bond donors (Lipinski definition) is 3. The third-order valence-corrected chi connectivity index (χ3v) is 10.7. The summed E-state index contributed by atoms with van der Waals surface area (Å²) in [6.45, 7) is 5.64. The average Bonchev–Trinajstić information content (AvgIpc) is 3.70. The predicted octanol–water partition coefficient (Wildman–Crippen LogP) is 3.44. The molecule has 3 N–H and O–H groups in total. The number of nitrogens with one attached hydrogen (secondary N) is 3. The number of fused-ring (bicyclic) bond motifs is 2. The van der Waals surface area contributed by atoms with E-state index in [1.807, 2.05) is 19.2 Å². The van der Waals surface area contributed by atoms with E-state index in [0.29, 0.717) is 18.6 Å². The minimum Gasteiger partial charge on any atom is -0.361 e. The summed E-state index contributed by atoms with van der Waals surface area (Å²) in [5.74, 6) is 0.0278. The third kappa shape index (κ3) is 5.53. The van der Waals surface area contributed by atoms with E-state index in [9.17, 15) is 14.0 Å². The molecule has 0 radical (unpaired) electrons. The molecule has 4 fully saturated rings. The zero-order valence-corrected chi connectivity index (χ0v) is 24.9. The van der Waals surface area contributed by atoms with Gasteiger partial charge in [0.05, 0.1) is 12.1 Å². The number of piperidine rings is 1. The van der Waals surface area contributed by atoms with Crippen LogP contribution in [-0.2, 0) is 9.59 Å². The molecule has 1 saturated carbocycles. The molecule has 41 heavy (non-hydrogen) atoms. The van der Waals surface area contributed by atoms with Crippen molar-refractivity contribution < 1.29 is 14.0 Å². The Balaban J connectivity index is 1.33. The van der Waals surface area contributed by atoms with Crippen LogP contribution in [0.1, 0.15) is 69.8 Å². The van der Waals surface area contributed by atoms with Crippen molar-refractivity contribution in [3.63, 3.8) is 0 Å². The maximum Gasteiger partial charge on any atom is 0.245 e. The van der Waals surface area contributed by atoms with E-state index in [1.165, 1.54) is 18.1 Å². The number of rotatable bonds is 7. The molecule has 6 rings (SSSR count). The second-order valence-corrected chi connectivity index (χ2v) is 13.0. The standard InChI is InChI=1S/C32H47FN6O2/c1-20(34-2)31(40)36-29(21-7-5-4-6-8-21)32(41)38-16-13-28-30(38)26(19-39(28)23-11-14-37(3)15-12-23)25-18-35-27-17-22(33)9-10-24(25)27/h9-10,17-18,20-21,23,26,28-30,34-35H,4-8,11-16,19H2,1-3H3,(H,36,40). The molecule has 9 heteroatoms. The number of carbonyl (C=O) groups is 2. The molecule has 1 aromatic carbocycles. The average molecular weight is 567 g/mol. The summed E-state index contributed by atoms with van der Waals surface area (Å²) < 4.78 is 14.1. The van der Waals surface area contributed by atoms with Gasteiger partial charge in [-0.15, -0.1) is 0 Å². The van der Waals surface area contributed by atoms with Crippen molar-refractivity contribution in [3.8, 4) is 0 Å². The SMILES string of the molecule is CNC(C)C(=O)NC(C(=O)N1CCC2C1C(c1c[nH]c3cc(F)ccc13)CN2C1CCN(C)CC1)C1CCCCC1. The summed E-state index contributed by atoms with van der Waals surface area (Å²) in [5.41, 5.74) is 1.98. The van der Waals surface area contributed by atoms with Crippen molar-refractivity contribution >= 4 is 22.7 Å². The first-order valence-electron chi connectivity index (χ1n) is 15.8. The Kier molecular flexibility index (Phi) is 8.39. The lowest BCUT2D eigenvalue weighted by molar-refractivity contribution is -0.139. The van der Waals surface area contributed by atoms with Crippen molar-refractivity contribution in [2.24, 2.45) is 5.92 Å². The summed E-state index contributed by atoms with van der Waals surface area (Å²) in [7, 11) is 3.97. The maximum absolute atomic E-state index is 14.6. The molecule has 3 saturated heterocycles. The lowest BCUT2D eigenvalue weighted by Crippen LogP contribution is -2.57. The van der Waals surface area contributed by atoms with Crippen LogP contribution in [0, 0.1) is 11.7 Å². The quantitative estimate of drug-likeness (QED) is 0.478. The minimum atomic E-state index is -0.493. The van der Waals surface area contributed by atoms with Crippen LogP contribution in [0.2, 0.25) is 0 Å². The van der Waals surface area contributed by atoms with Gasteiger partial charge in [-0.3, -0.25) is 14.5 Å². The molecule has 2 aromatic rings. The number of halogens is 1. The van der Waals surface area contributed by atoms with Gasteiger partial charge in [-0.05, 0) is 95.9 Å². The van der Waals surface area contributed by atoms with E-state index in [0.717, 1.165) is 75.5 Å². The number of aromatic nitrogens is 1. The molecule has 1 aromatic heterocycles. The van der Waals surface area contributed by atoms with Crippen LogP contribution in [0.3, 0.4) is 0 Å². The van der Waals surface area contributed by atoms with Crippen LogP contribution >= 0.6 is 0 Å². The highest BCUT2D eigenvalue weighted by molar-refractivity contribution is 5.90. The van der Waals surface area contributed by atoms with Gasteiger partial charge in [0, 0.05) is 48.2 Å². The molecule has 0 spiro atoms. The van der Waals surface area contributed by atoms with E-state index in [4.69, 9.17) is 0 Å². The van der Waals surface area contributed by atoms with E-state index in [1.54, 1.807) is 13.1 Å². The fourth-order valence-electron chi connectivity index (χ4n) is 8.27. The van der Waals surface area contributed by atoms with Crippen molar-refractivity contribution in [3.05, 3.63) is 35.8 Å². The van der Waals surface area contributed by atoms with Gasteiger partial charge in [-0.2, -0.15) is 0 Å². The summed E-state index contributed by atoms with van der Waals surface area (Å²) in [4.78, 5) is 38.2. The third-order valence-electron chi connectivity index (χ3n) is 10.7. The summed E-state index contributed by atoms with van der Waals surface area (Å²) in [6, 6.07) is 4.97. The number of carbonyl (C=O) groups excluding carboxylic acids is 2. The lowest BCUT2D eigenvalue weighted by Gasteiger charge is -2.38. The number of nitrogens with zero attached hydrogens (tertiary/aromatic N) is 3. The van der Waals surface area contributed by atoms with E-state index >= 15 is 0 Å². The van der Waals surface area contributed by atoms with Gasteiger partial charge in [0.25, 0.3) is 0 Å². The molecule has 5 unspecified atom stereocenters. The molecule has 224 valence electrons. The molecule has 4 heterocycles. The van der Waals surface area contributed by atoms with Crippen LogP contribution in [0.4, 0.5) is 4.39 Å². The monoisotopic (exact) mass is 566 g/mol. The van der Waals surface area contributed by atoms with Crippen LogP contribution in [-0.4, -0.2) is 102 Å². The molecule has 1 aliphatic carbocycles. The largest absolute Gasteiger partial charge is 0.361 e. The van der Waals surface area contributed by atoms with Gasteiger partial charge in [-0.25, -0.2) is 4.39 Å². The summed E-state index contributed by atoms with van der Waals surface area (Å²) in [5, 5.41) is 7.27. The van der Waals surface area contributed by atoms with Gasteiger partial charge < -0.3 is 25.4 Å². The highest BCUT2D eigenvalue weighted by atomic mass is 19.1. The normalized spacial score (nSPS) is 28.2. The second-order valence-electron chi connectivity index (χ2n) is 13.0. The Morgan fingerprint density at radius 1 is 1.05 bits per heavy atom. The minimum absolute atomic E-state index is 0.0379. The van der Waals surface area contributed by atoms with Gasteiger partial charge >= 0.3 is 0 Å². The van der Waals surface area contributed by atoms with Crippen LogP contribution in [0.15, 0.2) is 24.4 Å². The van der Waals surface area contributed by atoms with Gasteiger partial charge in [0.2, 0.25) is 11.8 Å². The van der Waals surface area contributed by atoms with Gasteiger partial charge in [-0.1, -0.05) is 19.3 Å². The Hall–Kier alpha value is -2.49. The van der Waals surface area contributed by atoms with Crippen LogP contribution < -0.4 is 10.6 Å². The smallest absolute Gasteiger partial charge is 0.245 e. The van der Waals surface area contributed by atoms with Crippen LogP contribution in [0.25, 0.3) is 10.9 Å². The number of amides is 2. The highest BCUT2D eigenvalue weighted by Crippen LogP contribution is 2.45. The maximum atomic E-state index is 14.6. The number of hydrogen-bond acceptors (Lipinski definition) is 5. The Labute approximate surface area is 243 Å². The molecule has 2 amide bonds. The highest BCUT2D eigenvalue weighted by Gasteiger charge is 2.54. The fraction of sp³-hybridized carbons (Fsp3) is 0.688. The number of likely N-dealkylation sites (N-methyl/N-ethyl adjacent to an activating group) is 1. The molecule has 4 aliphatic rings. The van der Waals surface area contributed by atoms with E-state index in [-0.39, 0.29) is 41.6 Å². The fourth-order valence-corrected chi connectivity index (χ4v) is 8.27. The first-order chi connectivity index (χ1) is 19.9. The molecule has 5 atom stereocenters. The topological polar surface area (TPSA) is 83.7 Å². The van der Waals surface area contributed by atoms with Crippen molar-refractivity contribution in [1.82, 2.24) is 30.3 Å². The number of benzene rings is 1. The predicted molar refractivity (Wildman–Crippen MR) is 159 cm³/mol. The van der Waals surface area contributed by atoms with Gasteiger partial charge in [0.15, 0.2) is 0 Å². The van der Waals surface area contributed by atoms with E-state index in [2.05, 4.69) is 37.4 Å².